The number of benzene rings is 1. The van der Waals surface area contributed by atoms with Crippen molar-refractivity contribution in [3.05, 3.63) is 22.7 Å². The number of aliphatic hydroxyl groups excluding tert-OH is 1. The van der Waals surface area contributed by atoms with Gasteiger partial charge in [0, 0.05) is 17.7 Å². The number of aromatic hydroxyl groups is 1. The summed E-state index contributed by atoms with van der Waals surface area (Å²) < 4.78 is 4.90. The van der Waals surface area contributed by atoms with Gasteiger partial charge in [0.1, 0.15) is 0 Å². The van der Waals surface area contributed by atoms with E-state index in [0.29, 0.717) is 17.2 Å². The molecule has 1 aromatic carbocycles. The van der Waals surface area contributed by atoms with E-state index in [-0.39, 0.29) is 12.4 Å². The second kappa shape index (κ2) is 4.35. The fraction of sp³-hybridized carbons (Fsp3) is 0.333. The zero-order valence-electron chi connectivity index (χ0n) is 7.25. The van der Waals surface area contributed by atoms with E-state index >= 15 is 0 Å². The Morgan fingerprint density at radius 1 is 1.46 bits per heavy atom. The summed E-state index contributed by atoms with van der Waals surface area (Å²) in [5.74, 6) is 0.377. The number of aliphatic hydroxyl groups is 1. The summed E-state index contributed by atoms with van der Waals surface area (Å²) in [5, 5.41) is 18.5. The highest BCUT2D eigenvalue weighted by Crippen LogP contribution is 2.32. The van der Waals surface area contributed by atoms with Crippen LogP contribution in [0.4, 0.5) is 0 Å². The van der Waals surface area contributed by atoms with E-state index in [1.54, 1.807) is 6.07 Å². The first-order valence-electron chi connectivity index (χ1n) is 3.85. The van der Waals surface area contributed by atoms with Crippen LogP contribution in [-0.4, -0.2) is 23.9 Å². The molecule has 2 N–H and O–H groups in total. The lowest BCUT2D eigenvalue weighted by atomic mass is 10.1. The predicted octanol–water partition coefficient (Wildman–Crippen LogP) is 1.59. The SMILES string of the molecule is COc1cc(CCO)c(Cl)cc1O. The summed E-state index contributed by atoms with van der Waals surface area (Å²) in [7, 11) is 1.46. The Morgan fingerprint density at radius 2 is 2.15 bits per heavy atom. The van der Waals surface area contributed by atoms with Gasteiger partial charge < -0.3 is 14.9 Å². The molecule has 0 aliphatic carbocycles. The van der Waals surface area contributed by atoms with Crippen molar-refractivity contribution in [2.45, 2.75) is 6.42 Å². The Bertz CT molecular complexity index is 299. The quantitative estimate of drug-likeness (QED) is 0.783. The average molecular weight is 203 g/mol. The number of hydrogen-bond donors (Lipinski definition) is 2. The van der Waals surface area contributed by atoms with E-state index in [4.69, 9.17) is 21.4 Å². The van der Waals surface area contributed by atoms with Gasteiger partial charge in [0.2, 0.25) is 0 Å². The molecule has 13 heavy (non-hydrogen) atoms. The Labute approximate surface area is 81.5 Å². The minimum absolute atomic E-state index is 0.00851. The summed E-state index contributed by atoms with van der Waals surface area (Å²) >= 11 is 5.81. The first-order valence-corrected chi connectivity index (χ1v) is 4.23. The Hall–Kier alpha value is -0.930. The van der Waals surface area contributed by atoms with E-state index < -0.39 is 0 Å². The van der Waals surface area contributed by atoms with Gasteiger partial charge in [0.25, 0.3) is 0 Å². The fourth-order valence-corrected chi connectivity index (χ4v) is 1.31. The molecule has 0 aliphatic rings. The van der Waals surface area contributed by atoms with Crippen molar-refractivity contribution in [3.8, 4) is 11.5 Å². The molecule has 0 atom stereocenters. The lowest BCUT2D eigenvalue weighted by Crippen LogP contribution is -1.93. The lowest BCUT2D eigenvalue weighted by molar-refractivity contribution is 0.299. The van der Waals surface area contributed by atoms with Crippen molar-refractivity contribution in [2.24, 2.45) is 0 Å². The molecule has 0 aromatic heterocycles. The third-order valence-corrected chi connectivity index (χ3v) is 2.08. The molecule has 0 bridgehead atoms. The summed E-state index contributed by atoms with van der Waals surface area (Å²) in [6, 6.07) is 3.03. The van der Waals surface area contributed by atoms with Gasteiger partial charge in [-0.25, -0.2) is 0 Å². The minimum Gasteiger partial charge on any atom is -0.504 e. The van der Waals surface area contributed by atoms with Crippen LogP contribution in [0.15, 0.2) is 12.1 Å². The van der Waals surface area contributed by atoms with Crippen LogP contribution >= 0.6 is 11.6 Å². The van der Waals surface area contributed by atoms with Crippen LogP contribution in [0.2, 0.25) is 5.02 Å². The fourth-order valence-electron chi connectivity index (χ4n) is 1.06. The zero-order chi connectivity index (χ0) is 9.84. The van der Waals surface area contributed by atoms with Crippen molar-refractivity contribution >= 4 is 11.6 Å². The van der Waals surface area contributed by atoms with Crippen molar-refractivity contribution in [2.75, 3.05) is 13.7 Å². The van der Waals surface area contributed by atoms with Gasteiger partial charge in [-0.1, -0.05) is 11.6 Å². The maximum Gasteiger partial charge on any atom is 0.160 e. The van der Waals surface area contributed by atoms with E-state index in [1.807, 2.05) is 0 Å². The molecule has 3 nitrogen and oxygen atoms in total. The molecule has 1 aromatic rings. The van der Waals surface area contributed by atoms with E-state index in [0.717, 1.165) is 5.56 Å². The number of hydrogen-bond acceptors (Lipinski definition) is 3. The molecule has 0 unspecified atom stereocenters. The summed E-state index contributed by atoms with van der Waals surface area (Å²) in [6.07, 6.45) is 0.454. The van der Waals surface area contributed by atoms with Crippen LogP contribution in [-0.2, 0) is 6.42 Å². The summed E-state index contributed by atoms with van der Waals surface area (Å²) in [6.45, 7) is 0.0215. The third kappa shape index (κ3) is 2.26. The topological polar surface area (TPSA) is 49.7 Å². The predicted molar refractivity (Wildman–Crippen MR) is 50.5 cm³/mol. The summed E-state index contributed by atoms with van der Waals surface area (Å²) in [5.41, 5.74) is 0.763. The third-order valence-electron chi connectivity index (χ3n) is 1.73. The minimum atomic E-state index is 0.00851. The molecular formula is C9H11ClO3. The first kappa shape index (κ1) is 10.2. The van der Waals surface area contributed by atoms with E-state index in [1.165, 1.54) is 13.2 Å². The highest BCUT2D eigenvalue weighted by Gasteiger charge is 2.07. The van der Waals surface area contributed by atoms with E-state index in [9.17, 15) is 5.11 Å². The number of methoxy groups -OCH3 is 1. The molecule has 0 heterocycles. The van der Waals surface area contributed by atoms with Crippen molar-refractivity contribution < 1.29 is 14.9 Å². The van der Waals surface area contributed by atoms with Crippen LogP contribution in [0.3, 0.4) is 0 Å². The van der Waals surface area contributed by atoms with Gasteiger partial charge >= 0.3 is 0 Å². The van der Waals surface area contributed by atoms with Crippen LogP contribution in [0.5, 0.6) is 11.5 Å². The highest BCUT2D eigenvalue weighted by atomic mass is 35.5. The monoisotopic (exact) mass is 202 g/mol. The van der Waals surface area contributed by atoms with Crippen LogP contribution in [0, 0.1) is 0 Å². The number of phenolic OH excluding ortho intramolecular Hbond substituents is 1. The molecule has 72 valence electrons. The molecule has 0 fully saturated rings. The Balaban J connectivity index is 3.06. The molecule has 0 radical (unpaired) electrons. The van der Waals surface area contributed by atoms with Crippen molar-refractivity contribution in [1.29, 1.82) is 0 Å². The van der Waals surface area contributed by atoms with Crippen LogP contribution in [0.1, 0.15) is 5.56 Å². The Kier molecular flexibility index (Phi) is 3.39. The normalized spacial score (nSPS) is 10.1. The molecule has 0 saturated carbocycles. The van der Waals surface area contributed by atoms with Gasteiger partial charge in [-0.2, -0.15) is 0 Å². The lowest BCUT2D eigenvalue weighted by Gasteiger charge is -2.07. The molecule has 0 aliphatic heterocycles. The number of rotatable bonds is 3. The maximum absolute atomic E-state index is 9.31. The average Bonchev–Trinajstić information content (AvgIpc) is 2.10. The zero-order valence-corrected chi connectivity index (χ0v) is 8.01. The molecule has 0 amide bonds. The largest absolute Gasteiger partial charge is 0.504 e. The molecule has 4 heteroatoms. The molecule has 0 spiro atoms. The smallest absolute Gasteiger partial charge is 0.160 e. The van der Waals surface area contributed by atoms with Gasteiger partial charge in [0.05, 0.1) is 7.11 Å². The van der Waals surface area contributed by atoms with Gasteiger partial charge in [0.15, 0.2) is 11.5 Å². The molecule has 1 rings (SSSR count). The van der Waals surface area contributed by atoms with E-state index in [2.05, 4.69) is 0 Å². The van der Waals surface area contributed by atoms with Gasteiger partial charge in [-0.05, 0) is 18.1 Å². The van der Waals surface area contributed by atoms with Crippen LogP contribution in [0.25, 0.3) is 0 Å². The van der Waals surface area contributed by atoms with Gasteiger partial charge in [-0.3, -0.25) is 0 Å². The first-order chi connectivity index (χ1) is 6.19. The standard InChI is InChI=1S/C9H11ClO3/c1-13-9-4-6(2-3-11)7(10)5-8(9)12/h4-5,11-12H,2-3H2,1H3. The van der Waals surface area contributed by atoms with Crippen molar-refractivity contribution in [3.63, 3.8) is 0 Å². The number of halogens is 1. The maximum atomic E-state index is 9.31. The second-order valence-corrected chi connectivity index (χ2v) is 3.00. The number of phenols is 1. The summed E-state index contributed by atoms with van der Waals surface area (Å²) in [4.78, 5) is 0. The Morgan fingerprint density at radius 3 is 2.69 bits per heavy atom. The molecular weight excluding hydrogens is 192 g/mol. The van der Waals surface area contributed by atoms with Crippen molar-refractivity contribution in [1.82, 2.24) is 0 Å². The van der Waals surface area contributed by atoms with Gasteiger partial charge in [-0.15, -0.1) is 0 Å². The number of ether oxygens (including phenoxy) is 1. The highest BCUT2D eigenvalue weighted by molar-refractivity contribution is 6.31. The second-order valence-electron chi connectivity index (χ2n) is 2.59. The van der Waals surface area contributed by atoms with Crippen LogP contribution < -0.4 is 4.74 Å². The molecule has 0 saturated heterocycles.